The van der Waals surface area contributed by atoms with Gasteiger partial charge in [0.2, 0.25) is 0 Å². The van der Waals surface area contributed by atoms with Crippen LogP contribution in [-0.4, -0.2) is 7.11 Å². The van der Waals surface area contributed by atoms with E-state index in [1.54, 1.807) is 19.2 Å². The zero-order valence-electron chi connectivity index (χ0n) is 9.96. The molecule has 2 aromatic carbocycles. The third-order valence-corrected chi connectivity index (χ3v) is 4.96. The van der Waals surface area contributed by atoms with E-state index in [0.29, 0.717) is 10.0 Å². The molecule has 0 N–H and O–H groups in total. The summed E-state index contributed by atoms with van der Waals surface area (Å²) in [5.74, 6) is 0.799. The molecule has 0 spiro atoms. The maximum Gasteiger partial charge on any atom is 0.120 e. The summed E-state index contributed by atoms with van der Waals surface area (Å²) in [5, 5.41) is 1.34. The van der Waals surface area contributed by atoms with E-state index in [2.05, 4.69) is 31.9 Å². The molecule has 19 heavy (non-hydrogen) atoms. The first-order valence-corrected chi connectivity index (χ1v) is 7.92. The van der Waals surface area contributed by atoms with E-state index in [-0.39, 0.29) is 4.83 Å². The highest BCUT2D eigenvalue weighted by molar-refractivity contribution is 9.11. The van der Waals surface area contributed by atoms with Gasteiger partial charge in [-0.15, -0.1) is 0 Å². The van der Waals surface area contributed by atoms with Gasteiger partial charge in [0.25, 0.3) is 0 Å². The molecule has 0 aromatic heterocycles. The fourth-order valence-corrected chi connectivity index (χ4v) is 3.93. The van der Waals surface area contributed by atoms with Gasteiger partial charge in [-0.1, -0.05) is 61.1 Å². The molecule has 0 saturated carbocycles. The normalized spacial score (nSPS) is 12.3. The van der Waals surface area contributed by atoms with Gasteiger partial charge in [-0.3, -0.25) is 0 Å². The van der Waals surface area contributed by atoms with Crippen LogP contribution in [0.15, 0.2) is 40.9 Å². The minimum atomic E-state index is -0.0426. The zero-order valence-corrected chi connectivity index (χ0v) is 14.6. The molecule has 100 valence electrons. The largest absolute Gasteiger partial charge is 0.497 e. The minimum Gasteiger partial charge on any atom is -0.497 e. The molecular formula is C14H10Br2Cl2O. The Hall–Kier alpha value is -0.220. The average molecular weight is 425 g/mol. The molecule has 0 saturated heterocycles. The first kappa shape index (κ1) is 15.2. The van der Waals surface area contributed by atoms with Crippen LogP contribution >= 0.6 is 55.1 Å². The minimum absolute atomic E-state index is 0.0426. The summed E-state index contributed by atoms with van der Waals surface area (Å²) in [7, 11) is 1.64. The Morgan fingerprint density at radius 3 is 2.42 bits per heavy atom. The van der Waals surface area contributed by atoms with E-state index in [1.807, 2.05) is 24.3 Å². The lowest BCUT2D eigenvalue weighted by Gasteiger charge is -2.15. The summed E-state index contributed by atoms with van der Waals surface area (Å²) in [6.45, 7) is 0. The summed E-state index contributed by atoms with van der Waals surface area (Å²) in [6, 6.07) is 11.2. The summed E-state index contributed by atoms with van der Waals surface area (Å²) in [6.07, 6.45) is 0. The van der Waals surface area contributed by atoms with E-state index in [1.165, 1.54) is 0 Å². The van der Waals surface area contributed by atoms with Crippen molar-refractivity contribution in [3.05, 3.63) is 62.0 Å². The van der Waals surface area contributed by atoms with Crippen molar-refractivity contribution in [1.82, 2.24) is 0 Å². The fraction of sp³-hybridized carbons (Fsp3) is 0.143. The van der Waals surface area contributed by atoms with Crippen molar-refractivity contribution in [2.45, 2.75) is 4.83 Å². The van der Waals surface area contributed by atoms with Crippen LogP contribution in [0.3, 0.4) is 0 Å². The van der Waals surface area contributed by atoms with Crippen LogP contribution in [0.2, 0.25) is 10.0 Å². The molecule has 0 fully saturated rings. The number of alkyl halides is 1. The van der Waals surface area contributed by atoms with Crippen molar-refractivity contribution in [1.29, 1.82) is 0 Å². The Kier molecular flexibility index (Phi) is 5.18. The van der Waals surface area contributed by atoms with E-state index in [0.717, 1.165) is 21.3 Å². The highest BCUT2D eigenvalue weighted by Crippen LogP contribution is 2.40. The van der Waals surface area contributed by atoms with Gasteiger partial charge in [0.05, 0.1) is 11.9 Å². The Balaban J connectivity index is 2.43. The second-order valence-electron chi connectivity index (χ2n) is 3.92. The lowest BCUT2D eigenvalue weighted by atomic mass is 10.0. The van der Waals surface area contributed by atoms with Crippen molar-refractivity contribution in [3.63, 3.8) is 0 Å². The molecule has 0 aliphatic carbocycles. The first-order chi connectivity index (χ1) is 9.02. The average Bonchev–Trinajstić information content (AvgIpc) is 2.40. The van der Waals surface area contributed by atoms with Crippen LogP contribution in [0.1, 0.15) is 16.0 Å². The lowest BCUT2D eigenvalue weighted by molar-refractivity contribution is 0.414. The third kappa shape index (κ3) is 3.46. The maximum atomic E-state index is 6.22. The van der Waals surface area contributed by atoms with Crippen molar-refractivity contribution in [3.8, 4) is 5.75 Å². The monoisotopic (exact) mass is 422 g/mol. The van der Waals surface area contributed by atoms with Crippen molar-refractivity contribution >= 4 is 55.1 Å². The molecule has 0 aliphatic heterocycles. The summed E-state index contributed by atoms with van der Waals surface area (Å²) in [4.78, 5) is -0.0426. The van der Waals surface area contributed by atoms with Gasteiger partial charge in [-0.05, 0) is 41.5 Å². The van der Waals surface area contributed by atoms with Crippen LogP contribution in [0.25, 0.3) is 0 Å². The number of rotatable bonds is 3. The molecular weight excluding hydrogens is 415 g/mol. The molecule has 5 heteroatoms. The molecule has 2 aromatic rings. The Labute approximate surface area is 139 Å². The van der Waals surface area contributed by atoms with E-state index in [4.69, 9.17) is 27.9 Å². The zero-order chi connectivity index (χ0) is 14.0. The second-order valence-corrected chi connectivity index (χ2v) is 6.53. The Morgan fingerprint density at radius 1 is 1.05 bits per heavy atom. The van der Waals surface area contributed by atoms with Crippen LogP contribution < -0.4 is 4.74 Å². The number of hydrogen-bond acceptors (Lipinski definition) is 1. The van der Waals surface area contributed by atoms with Gasteiger partial charge in [0.1, 0.15) is 5.75 Å². The maximum absolute atomic E-state index is 6.22. The van der Waals surface area contributed by atoms with Crippen LogP contribution in [-0.2, 0) is 0 Å². The smallest absolute Gasteiger partial charge is 0.120 e. The number of benzene rings is 2. The standard InChI is InChI=1S/C14H10Br2Cl2O/c1-19-9-3-4-10(12(15)7-9)14(16)11-6-8(17)2-5-13(11)18/h2-7,14H,1H3. The topological polar surface area (TPSA) is 9.23 Å². The van der Waals surface area contributed by atoms with E-state index >= 15 is 0 Å². The number of ether oxygens (including phenoxy) is 1. The van der Waals surface area contributed by atoms with Gasteiger partial charge in [0, 0.05) is 14.5 Å². The van der Waals surface area contributed by atoms with Crippen LogP contribution in [0.4, 0.5) is 0 Å². The Morgan fingerprint density at radius 2 is 1.79 bits per heavy atom. The molecule has 1 atom stereocenters. The highest BCUT2D eigenvalue weighted by atomic mass is 79.9. The SMILES string of the molecule is COc1ccc(C(Br)c2cc(Cl)ccc2Cl)c(Br)c1. The quantitative estimate of drug-likeness (QED) is 0.529. The number of hydrogen-bond donors (Lipinski definition) is 0. The van der Waals surface area contributed by atoms with Crippen molar-refractivity contribution < 1.29 is 4.74 Å². The van der Waals surface area contributed by atoms with E-state index < -0.39 is 0 Å². The predicted octanol–water partition coefficient (Wildman–Crippen LogP) is 6.25. The van der Waals surface area contributed by atoms with Gasteiger partial charge < -0.3 is 4.74 Å². The second kappa shape index (κ2) is 6.49. The molecule has 0 amide bonds. The molecule has 0 radical (unpaired) electrons. The third-order valence-electron chi connectivity index (χ3n) is 2.71. The van der Waals surface area contributed by atoms with Crippen LogP contribution in [0, 0.1) is 0 Å². The highest BCUT2D eigenvalue weighted by Gasteiger charge is 2.17. The molecule has 0 aliphatic rings. The predicted molar refractivity (Wildman–Crippen MR) is 87.9 cm³/mol. The van der Waals surface area contributed by atoms with Gasteiger partial charge >= 0.3 is 0 Å². The summed E-state index contributed by atoms with van der Waals surface area (Å²) >= 11 is 19.5. The molecule has 0 bridgehead atoms. The molecule has 1 unspecified atom stereocenters. The van der Waals surface area contributed by atoms with Gasteiger partial charge in [-0.25, -0.2) is 0 Å². The van der Waals surface area contributed by atoms with Gasteiger partial charge in [0.15, 0.2) is 0 Å². The van der Waals surface area contributed by atoms with Crippen LogP contribution in [0.5, 0.6) is 5.75 Å². The first-order valence-electron chi connectivity index (χ1n) is 5.45. The Bertz CT molecular complexity index is 602. The number of methoxy groups -OCH3 is 1. The summed E-state index contributed by atoms with van der Waals surface area (Å²) < 4.78 is 6.13. The molecule has 1 nitrogen and oxygen atoms in total. The lowest BCUT2D eigenvalue weighted by Crippen LogP contribution is -1.96. The number of halogens is 4. The van der Waals surface area contributed by atoms with Crippen molar-refractivity contribution in [2.75, 3.05) is 7.11 Å². The summed E-state index contributed by atoms with van der Waals surface area (Å²) in [5.41, 5.74) is 1.99. The van der Waals surface area contributed by atoms with Crippen molar-refractivity contribution in [2.24, 2.45) is 0 Å². The fourth-order valence-electron chi connectivity index (χ4n) is 1.72. The molecule has 0 heterocycles. The van der Waals surface area contributed by atoms with Gasteiger partial charge in [-0.2, -0.15) is 0 Å². The van der Waals surface area contributed by atoms with E-state index in [9.17, 15) is 0 Å². The molecule has 2 rings (SSSR count).